The van der Waals surface area contributed by atoms with Gasteiger partial charge in [-0.25, -0.2) is 0 Å². The number of nitrogens with one attached hydrogen (secondary N) is 1. The van der Waals surface area contributed by atoms with Gasteiger partial charge in [0, 0.05) is 6.54 Å². The van der Waals surface area contributed by atoms with Gasteiger partial charge in [-0.05, 0) is 24.1 Å². The maximum Gasteiger partial charge on any atom is 0.573 e. The van der Waals surface area contributed by atoms with Crippen molar-refractivity contribution in [3.05, 3.63) is 29.8 Å². The number of hydrogen-bond donors (Lipinski definition) is 2. The van der Waals surface area contributed by atoms with Crippen LogP contribution in [0.25, 0.3) is 0 Å². The normalized spacial score (nSPS) is 12.8. The average Bonchev–Trinajstić information content (AvgIpc) is 2.36. The average molecular weight is 290 g/mol. The standard InChI is InChI=1S/C13H17F3N2O2/c1-2-3-11(17)12(19)18-8-9-4-6-10(7-5-9)20-13(14,15)16/h4-7,11H,2-3,8,17H2,1H3,(H,18,19)/t11-/m0/s1. The number of carbonyl (C=O) groups excluding carboxylic acids is 1. The van der Waals surface area contributed by atoms with Crippen molar-refractivity contribution in [3.63, 3.8) is 0 Å². The molecule has 0 aliphatic rings. The summed E-state index contributed by atoms with van der Waals surface area (Å²) in [6.45, 7) is 2.13. The zero-order valence-electron chi connectivity index (χ0n) is 11.0. The molecule has 0 fully saturated rings. The number of alkyl halides is 3. The van der Waals surface area contributed by atoms with Gasteiger partial charge in [-0.15, -0.1) is 13.2 Å². The Morgan fingerprint density at radius 2 is 1.95 bits per heavy atom. The molecule has 20 heavy (non-hydrogen) atoms. The Kier molecular flexibility index (Phi) is 5.82. The summed E-state index contributed by atoms with van der Waals surface area (Å²) in [6, 6.07) is 4.73. The lowest BCUT2D eigenvalue weighted by molar-refractivity contribution is -0.274. The van der Waals surface area contributed by atoms with Gasteiger partial charge in [0.15, 0.2) is 0 Å². The van der Waals surface area contributed by atoms with Crippen LogP contribution in [0.15, 0.2) is 24.3 Å². The molecule has 3 N–H and O–H groups in total. The summed E-state index contributed by atoms with van der Waals surface area (Å²) in [5.41, 5.74) is 6.29. The molecule has 0 saturated heterocycles. The Hall–Kier alpha value is -1.76. The Labute approximate surface area is 115 Å². The van der Waals surface area contributed by atoms with Gasteiger partial charge in [0.25, 0.3) is 0 Å². The van der Waals surface area contributed by atoms with Crippen LogP contribution < -0.4 is 15.8 Å². The van der Waals surface area contributed by atoms with E-state index in [2.05, 4.69) is 10.1 Å². The molecule has 0 spiro atoms. The predicted octanol–water partition coefficient (Wildman–Crippen LogP) is 2.33. The van der Waals surface area contributed by atoms with Crippen LogP contribution in [0, 0.1) is 0 Å². The highest BCUT2D eigenvalue weighted by Crippen LogP contribution is 2.22. The van der Waals surface area contributed by atoms with Gasteiger partial charge >= 0.3 is 6.36 Å². The maximum absolute atomic E-state index is 12.0. The van der Waals surface area contributed by atoms with Gasteiger partial charge < -0.3 is 15.8 Å². The lowest BCUT2D eigenvalue weighted by Crippen LogP contribution is -2.40. The van der Waals surface area contributed by atoms with Crippen molar-refractivity contribution >= 4 is 5.91 Å². The zero-order chi connectivity index (χ0) is 15.2. The lowest BCUT2D eigenvalue weighted by Gasteiger charge is -2.12. The second-order valence-corrected chi connectivity index (χ2v) is 4.30. The Bertz CT molecular complexity index is 432. The van der Waals surface area contributed by atoms with Crippen LogP contribution in [0.1, 0.15) is 25.3 Å². The monoisotopic (exact) mass is 290 g/mol. The molecule has 1 atom stereocenters. The van der Waals surface area contributed by atoms with Crippen LogP contribution in [0.5, 0.6) is 5.75 Å². The van der Waals surface area contributed by atoms with Crippen LogP contribution >= 0.6 is 0 Å². The second kappa shape index (κ2) is 7.14. The molecule has 1 aromatic carbocycles. The molecule has 0 unspecified atom stereocenters. The molecule has 0 aliphatic carbocycles. The summed E-state index contributed by atoms with van der Waals surface area (Å²) >= 11 is 0. The molecule has 0 aliphatic heterocycles. The minimum absolute atomic E-state index is 0.211. The number of carbonyl (C=O) groups is 1. The molecule has 1 aromatic rings. The molecule has 7 heteroatoms. The molecule has 4 nitrogen and oxygen atoms in total. The number of amides is 1. The highest BCUT2D eigenvalue weighted by molar-refractivity contribution is 5.81. The number of ether oxygens (including phenoxy) is 1. The summed E-state index contributed by atoms with van der Waals surface area (Å²) < 4.78 is 39.6. The number of hydrogen-bond acceptors (Lipinski definition) is 3. The van der Waals surface area contributed by atoms with E-state index in [1.54, 1.807) is 0 Å². The Balaban J connectivity index is 2.48. The van der Waals surface area contributed by atoms with E-state index < -0.39 is 12.4 Å². The van der Waals surface area contributed by atoms with Crippen LogP contribution in [-0.2, 0) is 11.3 Å². The van der Waals surface area contributed by atoms with E-state index in [-0.39, 0.29) is 18.2 Å². The fourth-order valence-corrected chi connectivity index (χ4v) is 1.57. The van der Waals surface area contributed by atoms with Gasteiger partial charge in [-0.2, -0.15) is 0 Å². The van der Waals surface area contributed by atoms with E-state index in [0.717, 1.165) is 6.42 Å². The third-order valence-electron chi connectivity index (χ3n) is 2.56. The molecule has 0 saturated carbocycles. The molecule has 112 valence electrons. The summed E-state index contributed by atoms with van der Waals surface area (Å²) in [5, 5.41) is 2.62. The molecule has 0 aromatic heterocycles. The molecule has 0 radical (unpaired) electrons. The Morgan fingerprint density at radius 3 is 2.45 bits per heavy atom. The van der Waals surface area contributed by atoms with Crippen molar-refractivity contribution in [1.29, 1.82) is 0 Å². The number of benzene rings is 1. The third-order valence-corrected chi connectivity index (χ3v) is 2.56. The van der Waals surface area contributed by atoms with Crippen molar-refractivity contribution in [2.45, 2.75) is 38.7 Å². The minimum atomic E-state index is -4.71. The SMILES string of the molecule is CCC[C@H](N)C(=O)NCc1ccc(OC(F)(F)F)cc1. The van der Waals surface area contributed by atoms with Crippen LogP contribution in [0.4, 0.5) is 13.2 Å². The highest BCUT2D eigenvalue weighted by Gasteiger charge is 2.30. The summed E-state index contributed by atoms with van der Waals surface area (Å²) in [7, 11) is 0. The van der Waals surface area contributed by atoms with Crippen molar-refractivity contribution < 1.29 is 22.7 Å². The summed E-state index contributed by atoms with van der Waals surface area (Å²) in [4.78, 5) is 11.6. The lowest BCUT2D eigenvalue weighted by atomic mass is 10.1. The largest absolute Gasteiger partial charge is 0.573 e. The fourth-order valence-electron chi connectivity index (χ4n) is 1.57. The molecule has 1 amide bonds. The van der Waals surface area contributed by atoms with E-state index >= 15 is 0 Å². The predicted molar refractivity (Wildman–Crippen MR) is 67.9 cm³/mol. The first-order chi connectivity index (χ1) is 9.31. The number of halogens is 3. The van der Waals surface area contributed by atoms with Gasteiger partial charge in [-0.1, -0.05) is 25.5 Å². The van der Waals surface area contributed by atoms with E-state index in [9.17, 15) is 18.0 Å². The van der Waals surface area contributed by atoms with E-state index in [4.69, 9.17) is 5.73 Å². The topological polar surface area (TPSA) is 64.4 Å². The zero-order valence-corrected chi connectivity index (χ0v) is 11.0. The first-order valence-electron chi connectivity index (χ1n) is 6.20. The first kappa shape index (κ1) is 16.3. The van der Waals surface area contributed by atoms with Crippen LogP contribution in [0.3, 0.4) is 0 Å². The molecule has 0 heterocycles. The van der Waals surface area contributed by atoms with E-state index in [0.29, 0.717) is 12.0 Å². The van der Waals surface area contributed by atoms with Gasteiger partial charge in [0.05, 0.1) is 6.04 Å². The quantitative estimate of drug-likeness (QED) is 0.845. The second-order valence-electron chi connectivity index (χ2n) is 4.30. The molecule has 1 rings (SSSR count). The first-order valence-corrected chi connectivity index (χ1v) is 6.20. The van der Waals surface area contributed by atoms with Gasteiger partial charge in [0.2, 0.25) is 5.91 Å². The van der Waals surface area contributed by atoms with E-state index in [1.165, 1.54) is 24.3 Å². The highest BCUT2D eigenvalue weighted by atomic mass is 19.4. The van der Waals surface area contributed by atoms with Crippen molar-refractivity contribution in [2.75, 3.05) is 0 Å². The van der Waals surface area contributed by atoms with Gasteiger partial charge in [0.1, 0.15) is 5.75 Å². The van der Waals surface area contributed by atoms with Crippen LogP contribution in [-0.4, -0.2) is 18.3 Å². The molecular formula is C13H17F3N2O2. The maximum atomic E-state index is 12.0. The summed E-state index contributed by atoms with van der Waals surface area (Å²) in [5.74, 6) is -0.572. The summed E-state index contributed by atoms with van der Waals surface area (Å²) in [6.07, 6.45) is -3.31. The van der Waals surface area contributed by atoms with Crippen molar-refractivity contribution in [2.24, 2.45) is 5.73 Å². The minimum Gasteiger partial charge on any atom is -0.406 e. The van der Waals surface area contributed by atoms with Crippen molar-refractivity contribution in [1.82, 2.24) is 5.32 Å². The number of rotatable bonds is 6. The molecular weight excluding hydrogens is 273 g/mol. The molecule has 0 bridgehead atoms. The van der Waals surface area contributed by atoms with Gasteiger partial charge in [-0.3, -0.25) is 4.79 Å². The fraction of sp³-hybridized carbons (Fsp3) is 0.462. The third kappa shape index (κ3) is 5.92. The van der Waals surface area contributed by atoms with Crippen molar-refractivity contribution in [3.8, 4) is 5.75 Å². The Morgan fingerprint density at radius 1 is 1.35 bits per heavy atom. The van der Waals surface area contributed by atoms with Crippen LogP contribution in [0.2, 0.25) is 0 Å². The van der Waals surface area contributed by atoms with E-state index in [1.807, 2.05) is 6.92 Å². The smallest absolute Gasteiger partial charge is 0.406 e. The number of nitrogens with two attached hydrogens (primary N) is 1.